The number of anilines is 1. The first-order valence-electron chi connectivity index (χ1n) is 9.32. The van der Waals surface area contributed by atoms with Crippen molar-refractivity contribution in [3.8, 4) is 0 Å². The van der Waals surface area contributed by atoms with Gasteiger partial charge in [0.2, 0.25) is 15.9 Å². The quantitative estimate of drug-likeness (QED) is 0.657. The number of benzene rings is 1. The van der Waals surface area contributed by atoms with E-state index in [1.807, 2.05) is 0 Å². The number of hydrogen-bond donors (Lipinski definition) is 1. The predicted octanol–water partition coefficient (Wildman–Crippen LogP) is 2.86. The first kappa shape index (κ1) is 21.2. The highest BCUT2D eigenvalue weighted by atomic mass is 32.2. The number of hydrogen-bond acceptors (Lipinski definition) is 4. The van der Waals surface area contributed by atoms with Gasteiger partial charge in [-0.25, -0.2) is 8.42 Å². The fraction of sp³-hybridized carbons (Fsp3) is 0.450. The van der Waals surface area contributed by atoms with Crippen molar-refractivity contribution in [1.82, 2.24) is 9.21 Å². The van der Waals surface area contributed by atoms with Crippen LogP contribution in [0.25, 0.3) is 0 Å². The minimum atomic E-state index is -3.45. The van der Waals surface area contributed by atoms with Crippen LogP contribution < -0.4 is 5.32 Å². The number of nitrogens with zero attached hydrogens (tertiary/aromatic N) is 2. The minimum Gasteiger partial charge on any atom is -0.376 e. The van der Waals surface area contributed by atoms with E-state index in [1.165, 1.54) is 0 Å². The number of amides is 1. The molecule has 1 N–H and O–H groups in total. The average molecular weight is 392 g/mol. The van der Waals surface area contributed by atoms with Crippen molar-refractivity contribution in [2.24, 2.45) is 0 Å². The van der Waals surface area contributed by atoms with E-state index in [2.05, 4.69) is 18.5 Å². The van der Waals surface area contributed by atoms with Gasteiger partial charge in [-0.05, 0) is 37.1 Å². The highest BCUT2D eigenvalue weighted by molar-refractivity contribution is 7.89. The second-order valence-corrected chi connectivity index (χ2v) is 8.51. The summed E-state index contributed by atoms with van der Waals surface area (Å²) in [5.74, 6) is -0.0731. The lowest BCUT2D eigenvalue weighted by Gasteiger charge is -2.21. The van der Waals surface area contributed by atoms with Gasteiger partial charge in [0, 0.05) is 31.9 Å². The van der Waals surface area contributed by atoms with Crippen molar-refractivity contribution in [1.29, 1.82) is 0 Å². The van der Waals surface area contributed by atoms with Crippen LogP contribution in [-0.2, 0) is 14.8 Å². The maximum Gasteiger partial charge on any atom is 0.243 e. The Bertz CT molecular complexity index is 726. The molecule has 1 heterocycles. The maximum absolute atomic E-state index is 12.8. The van der Waals surface area contributed by atoms with E-state index in [9.17, 15) is 13.2 Å². The molecule has 0 radical (unpaired) electrons. The standard InChI is InChI=1S/C20H29N3O3S/c1-3-13-22(14-4-2)20(24)17-21-18-9-11-19(12-10-18)27(25,26)23-15-7-5-6-8-16-23/h3-4,9-12,21H,1-2,5-8,13-17H2. The van der Waals surface area contributed by atoms with Gasteiger partial charge >= 0.3 is 0 Å². The van der Waals surface area contributed by atoms with Gasteiger partial charge in [0.25, 0.3) is 0 Å². The van der Waals surface area contributed by atoms with Crippen LogP contribution in [0.5, 0.6) is 0 Å². The Kier molecular flexibility index (Phi) is 8.06. The topological polar surface area (TPSA) is 69.7 Å². The maximum atomic E-state index is 12.8. The molecule has 0 aliphatic carbocycles. The number of nitrogens with one attached hydrogen (secondary N) is 1. The van der Waals surface area contributed by atoms with Gasteiger partial charge in [-0.15, -0.1) is 13.2 Å². The zero-order valence-electron chi connectivity index (χ0n) is 15.8. The largest absolute Gasteiger partial charge is 0.376 e. The molecule has 0 atom stereocenters. The highest BCUT2D eigenvalue weighted by Crippen LogP contribution is 2.21. The highest BCUT2D eigenvalue weighted by Gasteiger charge is 2.24. The number of rotatable bonds is 9. The molecule has 2 rings (SSSR count). The van der Waals surface area contributed by atoms with Crippen molar-refractivity contribution in [2.75, 3.05) is 38.0 Å². The molecule has 148 valence electrons. The van der Waals surface area contributed by atoms with Crippen molar-refractivity contribution >= 4 is 21.6 Å². The molecule has 0 spiro atoms. The van der Waals surface area contributed by atoms with Gasteiger partial charge in [-0.2, -0.15) is 4.31 Å². The molecule has 0 unspecified atom stereocenters. The van der Waals surface area contributed by atoms with E-state index in [0.717, 1.165) is 25.7 Å². The lowest BCUT2D eigenvalue weighted by molar-refractivity contribution is -0.128. The third kappa shape index (κ3) is 5.94. The molecule has 1 aliphatic rings. The Morgan fingerprint density at radius 3 is 2.11 bits per heavy atom. The molecule has 1 amide bonds. The van der Waals surface area contributed by atoms with Crippen molar-refractivity contribution in [3.05, 3.63) is 49.6 Å². The third-order valence-electron chi connectivity index (χ3n) is 4.55. The number of sulfonamides is 1. The van der Waals surface area contributed by atoms with E-state index in [0.29, 0.717) is 36.8 Å². The van der Waals surface area contributed by atoms with Crippen LogP contribution in [0.1, 0.15) is 25.7 Å². The first-order valence-corrected chi connectivity index (χ1v) is 10.8. The van der Waals surface area contributed by atoms with Crippen molar-refractivity contribution < 1.29 is 13.2 Å². The van der Waals surface area contributed by atoms with Gasteiger partial charge in [0.1, 0.15) is 0 Å². The summed E-state index contributed by atoms with van der Waals surface area (Å²) >= 11 is 0. The van der Waals surface area contributed by atoms with Crippen LogP contribution in [0.15, 0.2) is 54.5 Å². The zero-order chi connectivity index (χ0) is 19.7. The molecule has 7 heteroatoms. The number of carbonyl (C=O) groups is 1. The van der Waals surface area contributed by atoms with Crippen LogP contribution in [0, 0.1) is 0 Å². The fourth-order valence-electron chi connectivity index (χ4n) is 3.06. The summed E-state index contributed by atoms with van der Waals surface area (Å²) in [6, 6.07) is 6.59. The van der Waals surface area contributed by atoms with Crippen LogP contribution in [0.3, 0.4) is 0 Å². The Balaban J connectivity index is 1.99. The molecule has 6 nitrogen and oxygen atoms in total. The van der Waals surface area contributed by atoms with E-state index < -0.39 is 10.0 Å². The van der Waals surface area contributed by atoms with Crippen LogP contribution >= 0.6 is 0 Å². The molecule has 27 heavy (non-hydrogen) atoms. The van der Waals surface area contributed by atoms with Gasteiger partial charge in [0.15, 0.2) is 0 Å². The predicted molar refractivity (Wildman–Crippen MR) is 109 cm³/mol. The monoisotopic (exact) mass is 391 g/mol. The molecule has 0 saturated carbocycles. The Morgan fingerprint density at radius 2 is 1.59 bits per heavy atom. The number of carbonyl (C=O) groups excluding carboxylic acids is 1. The lowest BCUT2D eigenvalue weighted by atomic mass is 10.2. The van der Waals surface area contributed by atoms with E-state index >= 15 is 0 Å². The lowest BCUT2D eigenvalue weighted by Crippen LogP contribution is -2.35. The van der Waals surface area contributed by atoms with Crippen LogP contribution in [0.4, 0.5) is 5.69 Å². The Hall–Kier alpha value is -2.12. The third-order valence-corrected chi connectivity index (χ3v) is 6.47. The smallest absolute Gasteiger partial charge is 0.243 e. The van der Waals surface area contributed by atoms with Gasteiger partial charge in [-0.1, -0.05) is 25.0 Å². The summed E-state index contributed by atoms with van der Waals surface area (Å²) in [6.07, 6.45) is 7.32. The molecule has 0 aromatic heterocycles. The summed E-state index contributed by atoms with van der Waals surface area (Å²) in [4.78, 5) is 14.1. The van der Waals surface area contributed by atoms with Gasteiger partial charge < -0.3 is 10.2 Å². The van der Waals surface area contributed by atoms with Crippen LogP contribution in [-0.4, -0.2) is 56.3 Å². The zero-order valence-corrected chi connectivity index (χ0v) is 16.6. The normalized spacial score (nSPS) is 15.6. The summed E-state index contributed by atoms with van der Waals surface area (Å²) in [5.41, 5.74) is 0.704. The molecule has 1 aromatic carbocycles. The van der Waals surface area contributed by atoms with E-state index in [1.54, 1.807) is 45.6 Å². The van der Waals surface area contributed by atoms with Gasteiger partial charge in [-0.3, -0.25) is 4.79 Å². The van der Waals surface area contributed by atoms with Crippen molar-refractivity contribution in [3.63, 3.8) is 0 Å². The second-order valence-electron chi connectivity index (χ2n) is 6.57. The summed E-state index contributed by atoms with van der Waals surface area (Å²) in [5, 5.41) is 3.04. The average Bonchev–Trinajstić information content (AvgIpc) is 2.96. The molecular formula is C20H29N3O3S. The molecule has 0 bridgehead atoms. The molecular weight excluding hydrogens is 362 g/mol. The fourth-order valence-corrected chi connectivity index (χ4v) is 4.57. The molecule has 1 aromatic rings. The second kappa shape index (κ2) is 10.3. The SMILES string of the molecule is C=CCN(CC=C)C(=O)CNc1ccc(S(=O)(=O)N2CCCCCC2)cc1. The van der Waals surface area contributed by atoms with Gasteiger partial charge in [0.05, 0.1) is 11.4 Å². The van der Waals surface area contributed by atoms with Crippen molar-refractivity contribution in [2.45, 2.75) is 30.6 Å². The molecule has 1 fully saturated rings. The van der Waals surface area contributed by atoms with E-state index in [-0.39, 0.29) is 12.5 Å². The van der Waals surface area contributed by atoms with E-state index in [4.69, 9.17) is 0 Å². The summed E-state index contributed by atoms with van der Waals surface area (Å²) in [7, 11) is -3.45. The summed E-state index contributed by atoms with van der Waals surface area (Å²) in [6.45, 7) is 9.51. The molecule has 1 aliphatic heterocycles. The minimum absolute atomic E-state index is 0.0731. The first-order chi connectivity index (χ1) is 13.0. The Labute approximate surface area is 162 Å². The van der Waals surface area contributed by atoms with Crippen LogP contribution in [0.2, 0.25) is 0 Å². The Morgan fingerprint density at radius 1 is 1.04 bits per heavy atom. The molecule has 1 saturated heterocycles. The summed E-state index contributed by atoms with van der Waals surface area (Å²) < 4.78 is 27.1.